The maximum absolute atomic E-state index is 3.28. The second-order valence-electron chi connectivity index (χ2n) is 3.08. The second kappa shape index (κ2) is 10.1. The summed E-state index contributed by atoms with van der Waals surface area (Å²) < 4.78 is 0. The van der Waals surface area contributed by atoms with Crippen molar-refractivity contribution in [2.24, 2.45) is 0 Å². The summed E-state index contributed by atoms with van der Waals surface area (Å²) in [5, 5.41) is 6.21. The van der Waals surface area contributed by atoms with Crippen LogP contribution < -0.4 is 10.6 Å². The average Bonchev–Trinajstić information content (AvgIpc) is 2.53. The maximum atomic E-state index is 3.28. The fraction of sp³-hybridized carbons (Fsp3) is 0.455. The first-order valence-electron chi connectivity index (χ1n) is 4.95. The fourth-order valence-electron chi connectivity index (χ4n) is 1.21. The van der Waals surface area contributed by atoms with Crippen molar-refractivity contribution in [1.29, 1.82) is 0 Å². The molecule has 78 valence electrons. The Labute approximate surface area is 88.7 Å². The predicted molar refractivity (Wildman–Crippen MR) is 67.2 cm³/mol. The van der Waals surface area contributed by atoms with Crippen molar-refractivity contribution in [3.63, 3.8) is 0 Å². The van der Waals surface area contributed by atoms with Crippen LogP contribution in [0.2, 0.25) is 0 Å². The van der Waals surface area contributed by atoms with Crippen LogP contribution in [-0.4, -0.2) is 21.5 Å². The molecule has 2 aliphatic heterocycles. The molecule has 2 aliphatic rings. The first kappa shape index (κ1) is 13.0. The largest absolute Gasteiger partial charge is 0.368 e. The molecule has 0 saturated carbocycles. The van der Waals surface area contributed by atoms with Gasteiger partial charge >= 0.3 is 0 Å². The van der Waals surface area contributed by atoms with E-state index in [0.717, 1.165) is 0 Å². The molecule has 2 N–H and O–H groups in total. The van der Waals surface area contributed by atoms with Crippen molar-refractivity contribution in [2.75, 3.05) is 13.1 Å². The minimum atomic E-state index is 0. The molecule has 0 unspecified atom stereocenters. The van der Waals surface area contributed by atoms with Crippen LogP contribution in [-0.2, 0) is 0 Å². The number of hydrogen-bond acceptors (Lipinski definition) is 2. The van der Waals surface area contributed by atoms with E-state index in [1.165, 1.54) is 32.4 Å². The van der Waals surface area contributed by atoms with Gasteiger partial charge in [-0.25, -0.2) is 0 Å². The predicted octanol–water partition coefficient (Wildman–Crippen LogP) is 0.749. The van der Waals surface area contributed by atoms with Crippen molar-refractivity contribution in [3.8, 4) is 0 Å². The molecule has 0 aromatic carbocycles. The van der Waals surface area contributed by atoms with E-state index in [9.17, 15) is 0 Å². The summed E-state index contributed by atoms with van der Waals surface area (Å²) in [6.45, 7) is 2.50. The summed E-state index contributed by atoms with van der Waals surface area (Å²) in [7, 11) is 0. The summed E-state index contributed by atoms with van der Waals surface area (Å²) in [5.74, 6) is 0. The van der Waals surface area contributed by atoms with Gasteiger partial charge < -0.3 is 10.6 Å². The quantitative estimate of drug-likeness (QED) is 0.553. The third-order valence-corrected chi connectivity index (χ3v) is 1.93. The molecule has 0 amide bonds. The summed E-state index contributed by atoms with van der Waals surface area (Å²) in [6.07, 6.45) is 15.8. The Balaban J connectivity index is 0.000000227. The lowest BCUT2D eigenvalue weighted by molar-refractivity contribution is 0.520. The average molecular weight is 192 g/mol. The summed E-state index contributed by atoms with van der Waals surface area (Å²) >= 11 is 0. The highest BCUT2D eigenvalue weighted by Gasteiger charge is 1.93. The van der Waals surface area contributed by atoms with E-state index in [1.54, 1.807) is 0 Å². The Morgan fingerprint density at radius 1 is 0.714 bits per heavy atom. The van der Waals surface area contributed by atoms with Gasteiger partial charge in [-0.1, -0.05) is 18.6 Å². The standard InChI is InChI=1S/C6H7N.C5H11N.BH3/c1-2-4-6-7-5-3-1;1-2-4-6-5-3-1;/h1-7H;6H,1-5H2;1H3. The van der Waals surface area contributed by atoms with Crippen LogP contribution in [0, 0.1) is 0 Å². The molecule has 0 radical (unpaired) electrons. The highest BCUT2D eigenvalue weighted by Crippen LogP contribution is 1.96. The van der Waals surface area contributed by atoms with Crippen molar-refractivity contribution < 1.29 is 0 Å². The van der Waals surface area contributed by atoms with Gasteiger partial charge in [0.05, 0.1) is 8.41 Å². The highest BCUT2D eigenvalue weighted by atomic mass is 14.9. The second-order valence-corrected chi connectivity index (χ2v) is 3.08. The molecule has 1 saturated heterocycles. The zero-order chi connectivity index (χ0) is 9.19. The Bertz CT molecular complexity index is 168. The van der Waals surface area contributed by atoms with Crippen LogP contribution in [0.4, 0.5) is 0 Å². The Hall–Kier alpha value is -0.955. The highest BCUT2D eigenvalue weighted by molar-refractivity contribution is 5.75. The van der Waals surface area contributed by atoms with Crippen LogP contribution in [0.15, 0.2) is 36.7 Å². The number of nitrogens with one attached hydrogen (secondary N) is 2. The van der Waals surface area contributed by atoms with E-state index < -0.39 is 0 Å². The van der Waals surface area contributed by atoms with Gasteiger partial charge in [0.2, 0.25) is 0 Å². The van der Waals surface area contributed by atoms with E-state index in [2.05, 4.69) is 10.6 Å². The van der Waals surface area contributed by atoms with Crippen LogP contribution >= 0.6 is 0 Å². The summed E-state index contributed by atoms with van der Waals surface area (Å²) in [6, 6.07) is 0. The van der Waals surface area contributed by atoms with Gasteiger partial charge in [0.15, 0.2) is 0 Å². The molecule has 0 bridgehead atoms. The Morgan fingerprint density at radius 3 is 1.64 bits per heavy atom. The zero-order valence-corrected chi connectivity index (χ0v) is 8.00. The third-order valence-electron chi connectivity index (χ3n) is 1.93. The third kappa shape index (κ3) is 7.68. The number of hydrogen-bond donors (Lipinski definition) is 2. The molecule has 14 heavy (non-hydrogen) atoms. The van der Waals surface area contributed by atoms with Crippen LogP contribution in [0.5, 0.6) is 0 Å². The number of piperidine rings is 1. The molecular weight excluding hydrogens is 171 g/mol. The van der Waals surface area contributed by atoms with E-state index in [0.29, 0.717) is 0 Å². The minimum absolute atomic E-state index is 0. The molecule has 0 aromatic heterocycles. The van der Waals surface area contributed by atoms with Crippen LogP contribution in [0.3, 0.4) is 0 Å². The van der Waals surface area contributed by atoms with E-state index in [-0.39, 0.29) is 8.41 Å². The molecule has 2 nitrogen and oxygen atoms in total. The molecular formula is C11H21BN2. The molecule has 2 rings (SSSR count). The Morgan fingerprint density at radius 2 is 1.29 bits per heavy atom. The smallest absolute Gasteiger partial charge is 0.0814 e. The van der Waals surface area contributed by atoms with Crippen molar-refractivity contribution in [1.82, 2.24) is 10.6 Å². The van der Waals surface area contributed by atoms with E-state index in [4.69, 9.17) is 0 Å². The molecule has 0 aromatic rings. The molecule has 3 heteroatoms. The van der Waals surface area contributed by atoms with E-state index in [1.807, 2.05) is 36.7 Å². The van der Waals surface area contributed by atoms with Crippen molar-refractivity contribution in [2.45, 2.75) is 19.3 Å². The maximum Gasteiger partial charge on any atom is 0.0814 e. The van der Waals surface area contributed by atoms with Gasteiger partial charge in [0, 0.05) is 12.4 Å². The van der Waals surface area contributed by atoms with Gasteiger partial charge in [0.25, 0.3) is 0 Å². The van der Waals surface area contributed by atoms with Crippen LogP contribution in [0.1, 0.15) is 19.3 Å². The van der Waals surface area contributed by atoms with Gasteiger partial charge in [-0.2, -0.15) is 0 Å². The van der Waals surface area contributed by atoms with E-state index >= 15 is 0 Å². The first-order valence-corrected chi connectivity index (χ1v) is 4.95. The monoisotopic (exact) mass is 192 g/mol. The molecule has 0 aliphatic carbocycles. The SMILES string of the molecule is B.C1=CC=CNC=C1.C1CCNCC1. The summed E-state index contributed by atoms with van der Waals surface area (Å²) in [5.41, 5.74) is 0. The topological polar surface area (TPSA) is 24.1 Å². The molecule has 0 atom stereocenters. The van der Waals surface area contributed by atoms with Crippen LogP contribution in [0.25, 0.3) is 0 Å². The van der Waals surface area contributed by atoms with Crippen molar-refractivity contribution >= 4 is 8.41 Å². The summed E-state index contributed by atoms with van der Waals surface area (Å²) in [4.78, 5) is 0. The molecule has 2 heterocycles. The van der Waals surface area contributed by atoms with Gasteiger partial charge in [0.1, 0.15) is 0 Å². The van der Waals surface area contributed by atoms with Crippen molar-refractivity contribution in [3.05, 3.63) is 36.7 Å². The number of allylic oxidation sites excluding steroid dienone is 4. The molecule has 0 spiro atoms. The first-order chi connectivity index (χ1) is 6.50. The van der Waals surface area contributed by atoms with Gasteiger partial charge in [-0.3, -0.25) is 0 Å². The molecule has 1 fully saturated rings. The van der Waals surface area contributed by atoms with Gasteiger partial charge in [-0.05, 0) is 38.1 Å². The lowest BCUT2D eigenvalue weighted by Crippen LogP contribution is -2.21. The lowest BCUT2D eigenvalue weighted by Gasteiger charge is -2.08. The number of rotatable bonds is 0. The zero-order valence-electron chi connectivity index (χ0n) is 8.00. The normalized spacial score (nSPS) is 18.3. The fourth-order valence-corrected chi connectivity index (χ4v) is 1.21. The minimum Gasteiger partial charge on any atom is -0.368 e. The van der Waals surface area contributed by atoms with Gasteiger partial charge in [-0.15, -0.1) is 0 Å². The lowest BCUT2D eigenvalue weighted by atomic mass is 10.2. The Kier molecular flexibility index (Phi) is 9.44.